The van der Waals surface area contributed by atoms with Gasteiger partial charge in [0.1, 0.15) is 0 Å². The summed E-state index contributed by atoms with van der Waals surface area (Å²) in [7, 11) is 2.17. The van der Waals surface area contributed by atoms with Gasteiger partial charge in [0.05, 0.1) is 0 Å². The van der Waals surface area contributed by atoms with E-state index in [9.17, 15) is 4.79 Å². The number of hydrogen-bond donors (Lipinski definition) is 1. The average molecular weight is 225 g/mol. The number of piperidine rings is 1. The van der Waals surface area contributed by atoms with Crippen molar-refractivity contribution in [2.45, 2.75) is 31.7 Å². The van der Waals surface area contributed by atoms with E-state index in [0.29, 0.717) is 30.8 Å². The fourth-order valence-corrected chi connectivity index (χ4v) is 2.82. The van der Waals surface area contributed by atoms with Gasteiger partial charge in [0, 0.05) is 25.6 Å². The molecular weight excluding hydrogens is 202 g/mol. The normalized spacial score (nSPS) is 32.4. The lowest BCUT2D eigenvalue weighted by Gasteiger charge is -2.35. The van der Waals surface area contributed by atoms with E-state index in [1.54, 1.807) is 0 Å². The molecule has 4 nitrogen and oxygen atoms in total. The van der Waals surface area contributed by atoms with E-state index in [1.807, 2.05) is 4.90 Å². The van der Waals surface area contributed by atoms with E-state index in [-0.39, 0.29) is 0 Å². The van der Waals surface area contributed by atoms with Crippen molar-refractivity contribution in [3.8, 4) is 0 Å². The largest absolute Gasteiger partial charge is 0.341 e. The van der Waals surface area contributed by atoms with E-state index < -0.39 is 0 Å². The first-order valence-electron chi connectivity index (χ1n) is 6.38. The van der Waals surface area contributed by atoms with Crippen LogP contribution in [-0.2, 0) is 4.79 Å². The maximum Gasteiger partial charge on any atom is 0.223 e. The Morgan fingerprint density at radius 1 is 1.44 bits per heavy atom. The molecule has 2 saturated heterocycles. The van der Waals surface area contributed by atoms with E-state index in [4.69, 9.17) is 5.73 Å². The van der Waals surface area contributed by atoms with Gasteiger partial charge in [0.2, 0.25) is 5.91 Å². The van der Waals surface area contributed by atoms with Crippen LogP contribution in [0.3, 0.4) is 0 Å². The Balaban J connectivity index is 1.86. The van der Waals surface area contributed by atoms with E-state index in [1.165, 1.54) is 25.8 Å². The average Bonchev–Trinajstić information content (AvgIpc) is 2.63. The van der Waals surface area contributed by atoms with Crippen molar-refractivity contribution in [1.82, 2.24) is 9.80 Å². The lowest BCUT2D eigenvalue weighted by Crippen LogP contribution is -2.45. The Morgan fingerprint density at radius 2 is 2.25 bits per heavy atom. The lowest BCUT2D eigenvalue weighted by molar-refractivity contribution is -0.128. The summed E-state index contributed by atoms with van der Waals surface area (Å²) in [5, 5.41) is 0. The zero-order valence-corrected chi connectivity index (χ0v) is 10.2. The molecule has 1 amide bonds. The molecule has 0 aromatic carbocycles. The number of hydrogen-bond acceptors (Lipinski definition) is 3. The van der Waals surface area contributed by atoms with Crippen LogP contribution in [0.15, 0.2) is 0 Å². The highest BCUT2D eigenvalue weighted by molar-refractivity contribution is 5.78. The first kappa shape index (κ1) is 11.9. The quantitative estimate of drug-likeness (QED) is 0.750. The molecule has 4 heteroatoms. The Labute approximate surface area is 97.8 Å². The van der Waals surface area contributed by atoms with Gasteiger partial charge in [-0.25, -0.2) is 0 Å². The monoisotopic (exact) mass is 225 g/mol. The number of amides is 1. The Hall–Kier alpha value is -0.610. The molecule has 2 rings (SSSR count). The first-order valence-corrected chi connectivity index (χ1v) is 6.38. The minimum absolute atomic E-state index is 0.300. The smallest absolute Gasteiger partial charge is 0.223 e. The number of likely N-dealkylation sites (N-methyl/N-ethyl adjacent to an activating group) is 1. The second-order valence-electron chi connectivity index (χ2n) is 5.23. The zero-order valence-electron chi connectivity index (χ0n) is 10.2. The summed E-state index contributed by atoms with van der Waals surface area (Å²) in [6.45, 7) is 3.60. The summed E-state index contributed by atoms with van der Waals surface area (Å²) in [4.78, 5) is 16.2. The molecule has 0 aliphatic carbocycles. The van der Waals surface area contributed by atoms with Crippen molar-refractivity contribution in [3.63, 3.8) is 0 Å². The molecule has 92 valence electrons. The fraction of sp³-hybridized carbons (Fsp3) is 0.917. The number of nitrogens with two attached hydrogens (primary N) is 1. The van der Waals surface area contributed by atoms with Gasteiger partial charge in [0.15, 0.2) is 0 Å². The van der Waals surface area contributed by atoms with Crippen LogP contribution in [0, 0.1) is 5.92 Å². The fourth-order valence-electron chi connectivity index (χ4n) is 2.82. The standard InChI is InChI=1S/C12H23N3O/c1-14-5-3-2-4-11(14)9-15-8-10(7-13)6-12(15)16/h10-11H,2-9,13H2,1H3. The zero-order chi connectivity index (χ0) is 11.5. The summed E-state index contributed by atoms with van der Waals surface area (Å²) in [5.74, 6) is 0.691. The third kappa shape index (κ3) is 2.55. The van der Waals surface area contributed by atoms with Gasteiger partial charge < -0.3 is 15.5 Å². The Bertz CT molecular complexity index is 257. The molecule has 0 aromatic rings. The molecule has 0 spiro atoms. The maximum atomic E-state index is 11.8. The third-order valence-corrected chi connectivity index (χ3v) is 3.98. The predicted molar refractivity (Wildman–Crippen MR) is 64.0 cm³/mol. The molecule has 2 heterocycles. The molecule has 0 aromatic heterocycles. The van der Waals surface area contributed by atoms with Crippen LogP contribution in [0.1, 0.15) is 25.7 Å². The molecule has 2 unspecified atom stereocenters. The Kier molecular flexibility index (Phi) is 3.82. The van der Waals surface area contributed by atoms with Crippen LogP contribution >= 0.6 is 0 Å². The van der Waals surface area contributed by atoms with E-state index in [2.05, 4.69) is 11.9 Å². The summed E-state index contributed by atoms with van der Waals surface area (Å²) < 4.78 is 0. The molecule has 0 bridgehead atoms. The van der Waals surface area contributed by atoms with Crippen LogP contribution in [0.25, 0.3) is 0 Å². The maximum absolute atomic E-state index is 11.8. The number of carbonyl (C=O) groups excluding carboxylic acids is 1. The highest BCUT2D eigenvalue weighted by Gasteiger charge is 2.31. The van der Waals surface area contributed by atoms with Gasteiger partial charge in [-0.15, -0.1) is 0 Å². The number of likely N-dealkylation sites (tertiary alicyclic amines) is 2. The van der Waals surface area contributed by atoms with Crippen LogP contribution in [-0.4, -0.2) is 55.0 Å². The second-order valence-corrected chi connectivity index (χ2v) is 5.23. The third-order valence-electron chi connectivity index (χ3n) is 3.98. The van der Waals surface area contributed by atoms with Crippen LogP contribution < -0.4 is 5.73 Å². The predicted octanol–water partition coefficient (Wildman–Crippen LogP) is 0.278. The second kappa shape index (κ2) is 5.15. The molecule has 2 aliphatic rings. The van der Waals surface area contributed by atoms with Crippen molar-refractivity contribution < 1.29 is 4.79 Å². The first-order chi connectivity index (χ1) is 7.70. The van der Waals surface area contributed by atoms with Crippen molar-refractivity contribution in [3.05, 3.63) is 0 Å². The minimum Gasteiger partial charge on any atom is -0.341 e. The topological polar surface area (TPSA) is 49.6 Å². The van der Waals surface area contributed by atoms with E-state index in [0.717, 1.165) is 13.1 Å². The van der Waals surface area contributed by atoms with Crippen molar-refractivity contribution >= 4 is 5.91 Å². The van der Waals surface area contributed by atoms with Crippen LogP contribution in [0.2, 0.25) is 0 Å². The van der Waals surface area contributed by atoms with E-state index >= 15 is 0 Å². The molecule has 2 fully saturated rings. The molecule has 0 radical (unpaired) electrons. The Morgan fingerprint density at radius 3 is 2.88 bits per heavy atom. The SMILES string of the molecule is CN1CCCCC1CN1CC(CN)CC1=O. The molecule has 16 heavy (non-hydrogen) atoms. The lowest BCUT2D eigenvalue weighted by atomic mass is 10.0. The van der Waals surface area contributed by atoms with Gasteiger partial charge >= 0.3 is 0 Å². The summed E-state index contributed by atoms with van der Waals surface area (Å²) in [5.41, 5.74) is 5.63. The summed E-state index contributed by atoms with van der Waals surface area (Å²) in [6.07, 6.45) is 4.49. The van der Waals surface area contributed by atoms with Crippen LogP contribution in [0.4, 0.5) is 0 Å². The molecule has 2 aliphatic heterocycles. The van der Waals surface area contributed by atoms with Crippen LogP contribution in [0.5, 0.6) is 0 Å². The van der Waals surface area contributed by atoms with Crippen molar-refractivity contribution in [1.29, 1.82) is 0 Å². The minimum atomic E-state index is 0.300. The molecule has 0 saturated carbocycles. The number of nitrogens with zero attached hydrogens (tertiary/aromatic N) is 2. The van der Waals surface area contributed by atoms with Gasteiger partial charge in [-0.2, -0.15) is 0 Å². The molecule has 2 atom stereocenters. The van der Waals surface area contributed by atoms with Gasteiger partial charge in [0.25, 0.3) is 0 Å². The van der Waals surface area contributed by atoms with Gasteiger partial charge in [-0.3, -0.25) is 4.79 Å². The summed E-state index contributed by atoms with van der Waals surface area (Å²) >= 11 is 0. The molecule has 2 N–H and O–H groups in total. The van der Waals surface area contributed by atoms with Crippen molar-refractivity contribution in [2.75, 3.05) is 33.2 Å². The number of carbonyl (C=O) groups is 1. The number of rotatable bonds is 3. The summed E-state index contributed by atoms with van der Waals surface area (Å²) in [6, 6.07) is 0.564. The van der Waals surface area contributed by atoms with Gasteiger partial charge in [-0.1, -0.05) is 6.42 Å². The van der Waals surface area contributed by atoms with Gasteiger partial charge in [-0.05, 0) is 38.9 Å². The van der Waals surface area contributed by atoms with Crippen molar-refractivity contribution in [2.24, 2.45) is 11.7 Å². The highest BCUT2D eigenvalue weighted by atomic mass is 16.2. The molecular formula is C12H23N3O. The highest BCUT2D eigenvalue weighted by Crippen LogP contribution is 2.21.